The summed E-state index contributed by atoms with van der Waals surface area (Å²) >= 11 is 0. The Morgan fingerprint density at radius 2 is 2.00 bits per heavy atom. The molecule has 98 valence electrons. The lowest BCUT2D eigenvalue weighted by Crippen LogP contribution is -2.33. The summed E-state index contributed by atoms with van der Waals surface area (Å²) in [4.78, 5) is 0. The number of sulfonamides is 1. The Labute approximate surface area is 109 Å². The molecule has 1 unspecified atom stereocenters. The monoisotopic (exact) mass is 266 g/mol. The normalized spacial score (nSPS) is 12.9. The van der Waals surface area contributed by atoms with Crippen molar-refractivity contribution in [3.8, 4) is 6.07 Å². The molecule has 0 spiro atoms. The fourth-order valence-corrected chi connectivity index (χ4v) is 2.84. The maximum absolute atomic E-state index is 11.7. The first kappa shape index (κ1) is 14.7. The fraction of sp³-hybridized carbons (Fsp3) is 0.462. The predicted octanol–water partition coefficient (Wildman–Crippen LogP) is 1.84. The van der Waals surface area contributed by atoms with E-state index in [9.17, 15) is 8.42 Å². The second-order valence-corrected chi connectivity index (χ2v) is 6.00. The van der Waals surface area contributed by atoms with Crippen LogP contribution in [0.25, 0.3) is 0 Å². The van der Waals surface area contributed by atoms with Crippen molar-refractivity contribution in [3.63, 3.8) is 0 Å². The lowest BCUT2D eigenvalue weighted by molar-refractivity contribution is 0.570. The molecule has 1 aromatic rings. The van der Waals surface area contributed by atoms with E-state index >= 15 is 0 Å². The first-order valence-corrected chi connectivity index (χ1v) is 7.56. The van der Waals surface area contributed by atoms with E-state index in [4.69, 9.17) is 5.26 Å². The molecule has 0 radical (unpaired) electrons. The Morgan fingerprint density at radius 3 is 2.56 bits per heavy atom. The van der Waals surface area contributed by atoms with Crippen LogP contribution in [-0.4, -0.2) is 20.2 Å². The maximum atomic E-state index is 11.7. The van der Waals surface area contributed by atoms with Crippen LogP contribution < -0.4 is 4.72 Å². The van der Waals surface area contributed by atoms with Gasteiger partial charge in [0.15, 0.2) is 5.25 Å². The van der Waals surface area contributed by atoms with E-state index in [0.717, 1.165) is 12.8 Å². The van der Waals surface area contributed by atoms with E-state index in [-0.39, 0.29) is 0 Å². The molecule has 0 fully saturated rings. The lowest BCUT2D eigenvalue weighted by Gasteiger charge is -2.09. The molecule has 1 N–H and O–H groups in total. The summed E-state index contributed by atoms with van der Waals surface area (Å²) in [7, 11) is -3.49. The average Bonchev–Trinajstić information content (AvgIpc) is 2.37. The third-order valence-electron chi connectivity index (χ3n) is 2.68. The summed E-state index contributed by atoms with van der Waals surface area (Å²) in [5.41, 5.74) is 1.18. The number of hydrogen-bond donors (Lipinski definition) is 1. The van der Waals surface area contributed by atoms with Crippen LogP contribution in [0.2, 0.25) is 0 Å². The topological polar surface area (TPSA) is 70.0 Å². The smallest absolute Gasteiger partial charge is 0.214 e. The van der Waals surface area contributed by atoms with Gasteiger partial charge in [0.25, 0.3) is 0 Å². The summed E-state index contributed by atoms with van der Waals surface area (Å²) in [5.74, 6) is 0. The van der Waals surface area contributed by atoms with Crippen LogP contribution >= 0.6 is 0 Å². The lowest BCUT2D eigenvalue weighted by atomic mass is 10.1. The van der Waals surface area contributed by atoms with Gasteiger partial charge in [-0.25, -0.2) is 13.1 Å². The van der Waals surface area contributed by atoms with Gasteiger partial charge >= 0.3 is 0 Å². The van der Waals surface area contributed by atoms with E-state index < -0.39 is 15.3 Å². The van der Waals surface area contributed by atoms with Crippen molar-refractivity contribution in [2.24, 2.45) is 0 Å². The minimum Gasteiger partial charge on any atom is -0.214 e. The Hall–Kier alpha value is -1.38. The van der Waals surface area contributed by atoms with Gasteiger partial charge in [-0.2, -0.15) is 5.26 Å². The van der Waals surface area contributed by atoms with E-state index in [0.29, 0.717) is 13.0 Å². The number of benzene rings is 1. The Kier molecular flexibility index (Phi) is 5.83. The second-order valence-electron chi connectivity index (χ2n) is 4.05. The van der Waals surface area contributed by atoms with Crippen LogP contribution in [0, 0.1) is 11.3 Å². The molecule has 5 heteroatoms. The molecular formula is C13H18N2O2S. The predicted molar refractivity (Wildman–Crippen MR) is 71.4 cm³/mol. The van der Waals surface area contributed by atoms with Crippen molar-refractivity contribution in [1.82, 2.24) is 4.72 Å². The van der Waals surface area contributed by atoms with E-state index in [1.807, 2.05) is 30.3 Å². The Bertz CT molecular complexity index is 491. The first-order valence-electron chi connectivity index (χ1n) is 6.02. The van der Waals surface area contributed by atoms with Crippen LogP contribution in [0.3, 0.4) is 0 Å². The third kappa shape index (κ3) is 4.47. The highest BCUT2D eigenvalue weighted by atomic mass is 32.2. The van der Waals surface area contributed by atoms with Crippen LogP contribution in [0.5, 0.6) is 0 Å². The largest absolute Gasteiger partial charge is 0.227 e. The molecular weight excluding hydrogens is 248 g/mol. The highest BCUT2D eigenvalue weighted by Gasteiger charge is 2.22. The van der Waals surface area contributed by atoms with Crippen molar-refractivity contribution in [1.29, 1.82) is 5.26 Å². The number of hydrogen-bond acceptors (Lipinski definition) is 3. The molecule has 1 aromatic carbocycles. The van der Waals surface area contributed by atoms with Crippen LogP contribution in [0.4, 0.5) is 0 Å². The molecule has 0 aliphatic heterocycles. The van der Waals surface area contributed by atoms with Crippen LogP contribution in [0.1, 0.15) is 25.3 Å². The standard InChI is InChI=1S/C13H18N2O2S/c1-2-13(11-14)18(16,17)15-10-6-9-12-7-4-3-5-8-12/h3-5,7-8,13,15H,2,6,9-10H2,1H3. The van der Waals surface area contributed by atoms with Gasteiger partial charge in [0, 0.05) is 6.54 Å². The van der Waals surface area contributed by atoms with Gasteiger partial charge in [-0.3, -0.25) is 0 Å². The van der Waals surface area contributed by atoms with Crippen LogP contribution in [-0.2, 0) is 16.4 Å². The summed E-state index contributed by atoms with van der Waals surface area (Å²) in [5, 5.41) is 7.78. The summed E-state index contributed by atoms with van der Waals surface area (Å²) in [6, 6.07) is 11.7. The van der Waals surface area contributed by atoms with Gasteiger partial charge in [0.05, 0.1) is 6.07 Å². The third-order valence-corrected chi connectivity index (χ3v) is 4.47. The molecule has 0 aliphatic carbocycles. The van der Waals surface area contributed by atoms with Gasteiger partial charge in [-0.15, -0.1) is 0 Å². The number of rotatable bonds is 7. The first-order chi connectivity index (χ1) is 8.60. The molecule has 1 atom stereocenters. The zero-order valence-electron chi connectivity index (χ0n) is 10.5. The fourth-order valence-electron chi connectivity index (χ4n) is 1.63. The van der Waals surface area contributed by atoms with Crippen molar-refractivity contribution >= 4 is 10.0 Å². The van der Waals surface area contributed by atoms with Crippen molar-refractivity contribution < 1.29 is 8.42 Å². The van der Waals surface area contributed by atoms with Crippen molar-refractivity contribution in [2.45, 2.75) is 31.4 Å². The molecule has 1 rings (SSSR count). The van der Waals surface area contributed by atoms with Gasteiger partial charge < -0.3 is 0 Å². The number of nitrogens with one attached hydrogen (secondary N) is 1. The second kappa shape index (κ2) is 7.14. The van der Waals surface area contributed by atoms with Crippen molar-refractivity contribution in [3.05, 3.63) is 35.9 Å². The molecule has 0 saturated heterocycles. The number of aryl methyl sites for hydroxylation is 1. The molecule has 0 aromatic heterocycles. The molecule has 0 saturated carbocycles. The highest BCUT2D eigenvalue weighted by molar-refractivity contribution is 7.90. The number of nitrogens with zero attached hydrogens (tertiary/aromatic N) is 1. The molecule has 0 amide bonds. The Morgan fingerprint density at radius 1 is 1.33 bits per heavy atom. The maximum Gasteiger partial charge on any atom is 0.227 e. The highest BCUT2D eigenvalue weighted by Crippen LogP contribution is 2.04. The SMILES string of the molecule is CCC(C#N)S(=O)(=O)NCCCc1ccccc1. The van der Waals surface area contributed by atoms with Gasteiger partial charge in [0.1, 0.15) is 0 Å². The summed E-state index contributed by atoms with van der Waals surface area (Å²) < 4.78 is 25.8. The zero-order valence-corrected chi connectivity index (χ0v) is 11.3. The van der Waals surface area contributed by atoms with E-state index in [2.05, 4.69) is 4.72 Å². The molecule has 18 heavy (non-hydrogen) atoms. The molecule has 0 aliphatic rings. The number of nitriles is 1. The Balaban J connectivity index is 2.36. The molecule has 4 nitrogen and oxygen atoms in total. The molecule has 0 heterocycles. The van der Waals surface area contributed by atoms with Gasteiger partial charge in [-0.05, 0) is 24.8 Å². The van der Waals surface area contributed by atoms with E-state index in [1.54, 1.807) is 13.0 Å². The minimum atomic E-state index is -3.49. The minimum absolute atomic E-state index is 0.310. The van der Waals surface area contributed by atoms with Gasteiger partial charge in [-0.1, -0.05) is 37.3 Å². The van der Waals surface area contributed by atoms with E-state index in [1.165, 1.54) is 5.56 Å². The average molecular weight is 266 g/mol. The molecule has 0 bridgehead atoms. The van der Waals surface area contributed by atoms with Crippen LogP contribution in [0.15, 0.2) is 30.3 Å². The quantitative estimate of drug-likeness (QED) is 0.766. The van der Waals surface area contributed by atoms with Gasteiger partial charge in [0.2, 0.25) is 10.0 Å². The zero-order chi connectivity index (χ0) is 13.4. The summed E-state index contributed by atoms with van der Waals surface area (Å²) in [6.45, 7) is 2.06. The van der Waals surface area contributed by atoms with Crippen molar-refractivity contribution in [2.75, 3.05) is 6.54 Å². The summed E-state index contributed by atoms with van der Waals surface area (Å²) in [6.07, 6.45) is 1.86.